The molecular formula is C22H18N4OS. The van der Waals surface area contributed by atoms with Crippen LogP contribution >= 0.6 is 11.8 Å². The molecule has 0 saturated heterocycles. The molecule has 4 aromatic rings. The number of hydrogen-bond acceptors (Lipinski definition) is 5. The van der Waals surface area contributed by atoms with Crippen LogP contribution in [0.4, 0.5) is 5.69 Å². The van der Waals surface area contributed by atoms with Crippen molar-refractivity contribution in [2.75, 3.05) is 11.1 Å². The maximum atomic E-state index is 12.4. The van der Waals surface area contributed by atoms with Crippen LogP contribution in [0.15, 0.2) is 78.1 Å². The molecule has 0 spiro atoms. The number of hydrogen-bond donors (Lipinski definition) is 1. The number of anilines is 1. The first-order valence-corrected chi connectivity index (χ1v) is 9.85. The van der Waals surface area contributed by atoms with E-state index in [9.17, 15) is 4.79 Å². The van der Waals surface area contributed by atoms with E-state index in [2.05, 4.69) is 38.7 Å². The predicted octanol–water partition coefficient (Wildman–Crippen LogP) is 4.73. The zero-order valence-electron chi connectivity index (χ0n) is 15.3. The predicted molar refractivity (Wildman–Crippen MR) is 113 cm³/mol. The molecule has 1 N–H and O–H groups in total. The second-order valence-electron chi connectivity index (χ2n) is 6.29. The Balaban J connectivity index is 1.57. The van der Waals surface area contributed by atoms with Crippen molar-refractivity contribution in [3.05, 3.63) is 78.6 Å². The summed E-state index contributed by atoms with van der Waals surface area (Å²) < 4.78 is 0. The lowest BCUT2D eigenvalue weighted by Gasteiger charge is -2.10. The molecule has 0 aliphatic rings. The van der Waals surface area contributed by atoms with Gasteiger partial charge < -0.3 is 5.32 Å². The second-order valence-corrected chi connectivity index (χ2v) is 7.26. The molecule has 4 rings (SSSR count). The quantitative estimate of drug-likeness (QED) is 0.502. The minimum atomic E-state index is -0.0891. The summed E-state index contributed by atoms with van der Waals surface area (Å²) in [6.07, 6.45) is 1.44. The van der Waals surface area contributed by atoms with Gasteiger partial charge in [-0.3, -0.25) is 4.79 Å². The Labute approximate surface area is 167 Å². The summed E-state index contributed by atoms with van der Waals surface area (Å²) in [5.41, 5.74) is 3.56. The lowest BCUT2D eigenvalue weighted by Crippen LogP contribution is -2.15. The van der Waals surface area contributed by atoms with E-state index in [1.807, 2.05) is 55.5 Å². The number of carbonyl (C=O) groups excluding carboxylic acids is 1. The number of benzene rings is 3. The smallest absolute Gasteiger partial charge is 0.234 e. The van der Waals surface area contributed by atoms with Gasteiger partial charge in [0.15, 0.2) is 0 Å². The van der Waals surface area contributed by atoms with Gasteiger partial charge in [0, 0.05) is 11.3 Å². The zero-order chi connectivity index (χ0) is 19.3. The standard InChI is InChI=1S/C22H18N4OS/c1-15-7-2-5-12-19(15)25-20(27)13-28-22-21(23-14-24-26-22)18-11-6-9-16-8-3-4-10-17(16)18/h2-12,14H,13H2,1H3,(H,25,27). The van der Waals surface area contributed by atoms with Crippen molar-refractivity contribution in [3.8, 4) is 11.3 Å². The normalized spacial score (nSPS) is 10.8. The van der Waals surface area contributed by atoms with Crippen LogP contribution in [0.3, 0.4) is 0 Å². The number of fused-ring (bicyclic) bond motifs is 1. The van der Waals surface area contributed by atoms with Crippen LogP contribution in [0, 0.1) is 6.92 Å². The number of nitrogens with zero attached hydrogens (tertiary/aromatic N) is 3. The van der Waals surface area contributed by atoms with Gasteiger partial charge in [-0.05, 0) is 29.3 Å². The molecule has 1 aromatic heterocycles. The van der Waals surface area contributed by atoms with Crippen LogP contribution in [0.25, 0.3) is 22.0 Å². The molecule has 138 valence electrons. The van der Waals surface area contributed by atoms with Gasteiger partial charge in [-0.1, -0.05) is 72.4 Å². The maximum Gasteiger partial charge on any atom is 0.234 e. The molecule has 0 aliphatic carbocycles. The highest BCUT2D eigenvalue weighted by molar-refractivity contribution is 8.00. The van der Waals surface area contributed by atoms with Gasteiger partial charge in [-0.2, -0.15) is 0 Å². The van der Waals surface area contributed by atoms with Crippen LogP contribution in [-0.4, -0.2) is 26.8 Å². The fourth-order valence-corrected chi connectivity index (χ4v) is 3.76. The lowest BCUT2D eigenvalue weighted by atomic mass is 10.0. The molecule has 3 aromatic carbocycles. The summed E-state index contributed by atoms with van der Waals surface area (Å²) in [6, 6.07) is 21.9. The largest absolute Gasteiger partial charge is 0.325 e. The summed E-state index contributed by atoms with van der Waals surface area (Å²) in [6.45, 7) is 1.97. The van der Waals surface area contributed by atoms with E-state index < -0.39 is 0 Å². The summed E-state index contributed by atoms with van der Waals surface area (Å²) in [4.78, 5) is 16.8. The SMILES string of the molecule is Cc1ccccc1NC(=O)CSc1nncnc1-c1cccc2ccccc12. The van der Waals surface area contributed by atoms with Gasteiger partial charge in [0.25, 0.3) is 0 Å². The first-order valence-electron chi connectivity index (χ1n) is 8.86. The molecule has 0 radical (unpaired) electrons. The van der Waals surface area contributed by atoms with Gasteiger partial charge in [0.1, 0.15) is 17.0 Å². The Kier molecular flexibility index (Phi) is 5.30. The van der Waals surface area contributed by atoms with E-state index in [1.54, 1.807) is 0 Å². The highest BCUT2D eigenvalue weighted by Crippen LogP contribution is 2.32. The molecule has 5 nitrogen and oxygen atoms in total. The Hall–Kier alpha value is -3.25. The van der Waals surface area contributed by atoms with E-state index >= 15 is 0 Å². The molecule has 0 bridgehead atoms. The summed E-state index contributed by atoms with van der Waals surface area (Å²) >= 11 is 1.34. The molecular weight excluding hydrogens is 368 g/mol. The second kappa shape index (κ2) is 8.19. The van der Waals surface area contributed by atoms with Crippen LogP contribution in [0.1, 0.15) is 5.56 Å². The average molecular weight is 386 g/mol. The minimum absolute atomic E-state index is 0.0891. The van der Waals surface area contributed by atoms with Crippen LogP contribution in [0.5, 0.6) is 0 Å². The number of amides is 1. The Morgan fingerprint density at radius 3 is 2.68 bits per heavy atom. The number of rotatable bonds is 5. The van der Waals surface area contributed by atoms with Crippen LogP contribution in [-0.2, 0) is 4.79 Å². The molecule has 1 heterocycles. The zero-order valence-corrected chi connectivity index (χ0v) is 16.1. The van der Waals surface area contributed by atoms with E-state index in [0.717, 1.165) is 33.3 Å². The van der Waals surface area contributed by atoms with E-state index in [0.29, 0.717) is 5.03 Å². The third-order valence-electron chi connectivity index (χ3n) is 4.39. The molecule has 0 fully saturated rings. The highest BCUT2D eigenvalue weighted by Gasteiger charge is 2.14. The Morgan fingerprint density at radius 1 is 1.00 bits per heavy atom. The molecule has 6 heteroatoms. The molecule has 0 saturated carbocycles. The average Bonchev–Trinajstić information content (AvgIpc) is 2.74. The first-order chi connectivity index (χ1) is 13.7. The van der Waals surface area contributed by atoms with Crippen LogP contribution < -0.4 is 5.32 Å². The van der Waals surface area contributed by atoms with Gasteiger partial charge in [-0.25, -0.2) is 4.98 Å². The summed E-state index contributed by atoms with van der Waals surface area (Å²) in [5, 5.41) is 13.9. The number of nitrogens with one attached hydrogen (secondary N) is 1. The van der Waals surface area contributed by atoms with Crippen molar-refractivity contribution in [3.63, 3.8) is 0 Å². The Morgan fingerprint density at radius 2 is 1.79 bits per heavy atom. The van der Waals surface area contributed by atoms with Crippen molar-refractivity contribution >= 4 is 34.1 Å². The minimum Gasteiger partial charge on any atom is -0.325 e. The monoisotopic (exact) mass is 386 g/mol. The van der Waals surface area contributed by atoms with Gasteiger partial charge in [0.2, 0.25) is 5.91 Å². The van der Waals surface area contributed by atoms with Crippen molar-refractivity contribution in [2.24, 2.45) is 0 Å². The van der Waals surface area contributed by atoms with Crippen molar-refractivity contribution < 1.29 is 4.79 Å². The summed E-state index contributed by atoms with van der Waals surface area (Å²) in [5.74, 6) is 0.140. The number of para-hydroxylation sites is 1. The molecule has 28 heavy (non-hydrogen) atoms. The number of aromatic nitrogens is 3. The van der Waals surface area contributed by atoms with Crippen molar-refractivity contribution in [2.45, 2.75) is 11.9 Å². The fourth-order valence-electron chi connectivity index (χ4n) is 3.01. The number of carbonyl (C=O) groups is 1. The van der Waals surface area contributed by atoms with E-state index in [1.165, 1.54) is 18.1 Å². The third-order valence-corrected chi connectivity index (χ3v) is 5.35. The van der Waals surface area contributed by atoms with Gasteiger partial charge in [0.05, 0.1) is 5.75 Å². The fraction of sp³-hybridized carbons (Fsp3) is 0.0909. The number of thioether (sulfide) groups is 1. The molecule has 1 amide bonds. The van der Waals surface area contributed by atoms with E-state index in [4.69, 9.17) is 0 Å². The van der Waals surface area contributed by atoms with Gasteiger partial charge in [-0.15, -0.1) is 10.2 Å². The van der Waals surface area contributed by atoms with E-state index in [-0.39, 0.29) is 11.7 Å². The topological polar surface area (TPSA) is 67.8 Å². The molecule has 0 unspecified atom stereocenters. The Bertz CT molecular complexity index is 1140. The third kappa shape index (κ3) is 3.87. The lowest BCUT2D eigenvalue weighted by molar-refractivity contribution is -0.113. The van der Waals surface area contributed by atoms with Crippen LogP contribution in [0.2, 0.25) is 0 Å². The number of aryl methyl sites for hydroxylation is 1. The van der Waals surface area contributed by atoms with Crippen molar-refractivity contribution in [1.82, 2.24) is 15.2 Å². The molecule has 0 aliphatic heterocycles. The summed E-state index contributed by atoms with van der Waals surface area (Å²) in [7, 11) is 0. The molecule has 0 atom stereocenters. The maximum absolute atomic E-state index is 12.4. The highest BCUT2D eigenvalue weighted by atomic mass is 32.2. The van der Waals surface area contributed by atoms with Gasteiger partial charge >= 0.3 is 0 Å². The first kappa shape index (κ1) is 18.1. The van der Waals surface area contributed by atoms with Crippen molar-refractivity contribution in [1.29, 1.82) is 0 Å².